The summed E-state index contributed by atoms with van der Waals surface area (Å²) in [5, 5.41) is 4.15. The fourth-order valence-corrected chi connectivity index (χ4v) is 5.20. The number of hydrogen-bond donors (Lipinski definition) is 1. The lowest BCUT2D eigenvalue weighted by Gasteiger charge is -2.31. The van der Waals surface area contributed by atoms with Gasteiger partial charge in [-0.15, -0.1) is 11.3 Å². The molecule has 0 saturated carbocycles. The second-order valence-corrected chi connectivity index (χ2v) is 9.72. The van der Waals surface area contributed by atoms with Gasteiger partial charge in [-0.1, -0.05) is 17.7 Å². The number of ether oxygens (including phenoxy) is 1. The Labute approximate surface area is 206 Å². The molecule has 176 valence electrons. The fraction of sp³-hybridized carbons (Fsp3) is 0.292. The fourth-order valence-electron chi connectivity index (χ4n) is 3.91. The van der Waals surface area contributed by atoms with E-state index in [1.807, 2.05) is 26.2 Å². The van der Waals surface area contributed by atoms with Crippen LogP contribution in [0.3, 0.4) is 0 Å². The molecule has 0 amide bonds. The second kappa shape index (κ2) is 9.79. The zero-order valence-electron chi connectivity index (χ0n) is 18.9. The number of fused-ring (bicyclic) bond motifs is 1. The van der Waals surface area contributed by atoms with Gasteiger partial charge >= 0.3 is 0 Å². The molecular formula is C24H24ClFN6OS. The molecule has 10 heteroatoms. The van der Waals surface area contributed by atoms with Crippen LogP contribution >= 0.6 is 22.9 Å². The Kier molecular flexibility index (Phi) is 6.60. The van der Waals surface area contributed by atoms with Gasteiger partial charge in [0.15, 0.2) is 0 Å². The maximum atomic E-state index is 14.4. The number of nitrogens with zero attached hydrogens (tertiary/aromatic N) is 5. The van der Waals surface area contributed by atoms with Gasteiger partial charge in [-0.3, -0.25) is 0 Å². The lowest BCUT2D eigenvalue weighted by atomic mass is 10.2. The molecule has 0 unspecified atom stereocenters. The highest BCUT2D eigenvalue weighted by molar-refractivity contribution is 7.21. The molecule has 0 aliphatic carbocycles. The predicted octanol–water partition coefficient (Wildman–Crippen LogP) is 5.19. The van der Waals surface area contributed by atoms with E-state index < -0.39 is 5.82 Å². The van der Waals surface area contributed by atoms with Gasteiger partial charge in [-0.25, -0.2) is 19.3 Å². The third-order valence-corrected chi connectivity index (χ3v) is 6.81. The normalized spacial score (nSPS) is 14.2. The molecule has 1 saturated heterocycles. The molecule has 0 bridgehead atoms. The first-order chi connectivity index (χ1) is 16.5. The predicted molar refractivity (Wildman–Crippen MR) is 136 cm³/mol. The van der Waals surface area contributed by atoms with E-state index in [4.69, 9.17) is 21.3 Å². The van der Waals surface area contributed by atoms with E-state index in [0.717, 1.165) is 47.9 Å². The maximum absolute atomic E-state index is 14.4. The molecular weight excluding hydrogens is 475 g/mol. The number of thiazole rings is 1. The summed E-state index contributed by atoms with van der Waals surface area (Å²) in [6, 6.07) is 10.5. The van der Waals surface area contributed by atoms with Crippen LogP contribution in [0.1, 0.15) is 5.69 Å². The van der Waals surface area contributed by atoms with Gasteiger partial charge in [0.2, 0.25) is 0 Å². The summed E-state index contributed by atoms with van der Waals surface area (Å²) < 4.78 is 20.7. The van der Waals surface area contributed by atoms with E-state index in [1.54, 1.807) is 18.3 Å². The lowest BCUT2D eigenvalue weighted by Crippen LogP contribution is -2.37. The van der Waals surface area contributed by atoms with Crippen molar-refractivity contribution in [3.63, 3.8) is 0 Å². The van der Waals surface area contributed by atoms with Crippen LogP contribution in [0.15, 0.2) is 42.6 Å². The number of pyridine rings is 2. The summed E-state index contributed by atoms with van der Waals surface area (Å²) in [4.78, 5) is 18.4. The van der Waals surface area contributed by atoms with Crippen LogP contribution in [0.5, 0.6) is 0 Å². The smallest absolute Gasteiger partial charge is 0.134 e. The quantitative estimate of drug-likeness (QED) is 0.392. The first-order valence-electron chi connectivity index (χ1n) is 10.9. The van der Waals surface area contributed by atoms with E-state index in [0.29, 0.717) is 33.8 Å². The van der Waals surface area contributed by atoms with Gasteiger partial charge in [-0.2, -0.15) is 0 Å². The van der Waals surface area contributed by atoms with Crippen molar-refractivity contribution in [1.82, 2.24) is 19.9 Å². The maximum Gasteiger partial charge on any atom is 0.134 e. The highest BCUT2D eigenvalue weighted by atomic mass is 35.5. The van der Waals surface area contributed by atoms with Crippen LogP contribution in [0.2, 0.25) is 5.02 Å². The summed E-state index contributed by atoms with van der Waals surface area (Å²) in [5.41, 5.74) is 3.14. The molecule has 0 atom stereocenters. The monoisotopic (exact) mass is 498 g/mol. The zero-order valence-corrected chi connectivity index (χ0v) is 20.5. The number of nitrogens with one attached hydrogen (secondary N) is 1. The first-order valence-corrected chi connectivity index (χ1v) is 12.1. The highest BCUT2D eigenvalue weighted by Gasteiger charge is 2.18. The molecule has 0 spiro atoms. The number of aromatic nitrogens is 3. The van der Waals surface area contributed by atoms with Gasteiger partial charge in [-0.05, 0) is 38.4 Å². The molecule has 3 aromatic heterocycles. The molecule has 4 heterocycles. The number of benzene rings is 1. The molecule has 34 heavy (non-hydrogen) atoms. The summed E-state index contributed by atoms with van der Waals surface area (Å²) in [6.07, 6.45) is 1.73. The third kappa shape index (κ3) is 4.83. The van der Waals surface area contributed by atoms with Gasteiger partial charge in [0.1, 0.15) is 22.5 Å². The minimum absolute atomic E-state index is 0.313. The van der Waals surface area contributed by atoms with Crippen molar-refractivity contribution < 1.29 is 9.13 Å². The van der Waals surface area contributed by atoms with Crippen LogP contribution < -0.4 is 10.2 Å². The SMILES string of the molecule is CN(C)Cc1nc(Nc2cc3nc(-c4c(F)cccc4Cl)sc3cn2)ccc1N1CCOCC1. The Bertz CT molecular complexity index is 1300. The van der Waals surface area contributed by atoms with E-state index in [9.17, 15) is 4.39 Å². The van der Waals surface area contributed by atoms with Crippen molar-refractivity contribution in [2.75, 3.05) is 50.6 Å². The molecule has 1 N–H and O–H groups in total. The van der Waals surface area contributed by atoms with Crippen molar-refractivity contribution in [2.45, 2.75) is 6.54 Å². The van der Waals surface area contributed by atoms with E-state index in [2.05, 4.69) is 31.2 Å². The topological polar surface area (TPSA) is 66.4 Å². The van der Waals surface area contributed by atoms with Crippen LogP contribution in [0.4, 0.5) is 21.7 Å². The summed E-state index contributed by atoms with van der Waals surface area (Å²) in [6.45, 7) is 3.86. The van der Waals surface area contributed by atoms with Gasteiger partial charge < -0.3 is 19.9 Å². The van der Waals surface area contributed by atoms with Crippen molar-refractivity contribution in [3.8, 4) is 10.6 Å². The largest absolute Gasteiger partial charge is 0.378 e. The van der Waals surface area contributed by atoms with Crippen molar-refractivity contribution in [2.24, 2.45) is 0 Å². The van der Waals surface area contributed by atoms with E-state index >= 15 is 0 Å². The van der Waals surface area contributed by atoms with E-state index in [-0.39, 0.29) is 0 Å². The van der Waals surface area contributed by atoms with Crippen LogP contribution in [-0.2, 0) is 11.3 Å². The lowest BCUT2D eigenvalue weighted by molar-refractivity contribution is 0.122. The van der Waals surface area contributed by atoms with Crippen LogP contribution in [0, 0.1) is 5.82 Å². The van der Waals surface area contributed by atoms with Crippen molar-refractivity contribution >= 4 is 50.5 Å². The van der Waals surface area contributed by atoms with Gasteiger partial charge in [0, 0.05) is 31.9 Å². The van der Waals surface area contributed by atoms with Crippen LogP contribution in [0.25, 0.3) is 20.8 Å². The number of anilines is 3. The average Bonchev–Trinajstić information content (AvgIpc) is 3.22. The molecule has 7 nitrogen and oxygen atoms in total. The molecule has 1 aliphatic rings. The molecule has 1 aromatic carbocycles. The minimum Gasteiger partial charge on any atom is -0.378 e. The number of rotatable bonds is 6. The van der Waals surface area contributed by atoms with Gasteiger partial charge in [0.25, 0.3) is 0 Å². The molecule has 1 fully saturated rings. The number of hydrogen-bond acceptors (Lipinski definition) is 8. The Hall–Kier alpha value is -2.85. The van der Waals surface area contributed by atoms with Crippen LogP contribution in [-0.4, -0.2) is 60.3 Å². The third-order valence-electron chi connectivity index (χ3n) is 5.48. The zero-order chi connectivity index (χ0) is 23.7. The second-order valence-electron chi connectivity index (χ2n) is 8.28. The number of morpholine rings is 1. The molecule has 4 aromatic rings. The average molecular weight is 499 g/mol. The number of halogens is 2. The first kappa shape index (κ1) is 22.9. The summed E-state index contributed by atoms with van der Waals surface area (Å²) in [7, 11) is 4.06. The van der Waals surface area contributed by atoms with Crippen molar-refractivity contribution in [1.29, 1.82) is 0 Å². The molecule has 5 rings (SSSR count). The highest BCUT2D eigenvalue weighted by Crippen LogP contribution is 2.36. The van der Waals surface area contributed by atoms with Crippen molar-refractivity contribution in [3.05, 3.63) is 59.1 Å². The Morgan fingerprint density at radius 2 is 1.97 bits per heavy atom. The van der Waals surface area contributed by atoms with E-state index in [1.165, 1.54) is 17.4 Å². The molecule has 1 aliphatic heterocycles. The summed E-state index contributed by atoms with van der Waals surface area (Å²) >= 11 is 7.58. The minimum atomic E-state index is -0.393. The Morgan fingerprint density at radius 3 is 2.74 bits per heavy atom. The Balaban J connectivity index is 1.43. The molecule has 0 radical (unpaired) electrons. The van der Waals surface area contributed by atoms with Gasteiger partial charge in [0.05, 0.1) is 45.4 Å². The Morgan fingerprint density at radius 1 is 1.15 bits per heavy atom. The summed E-state index contributed by atoms with van der Waals surface area (Å²) in [5.74, 6) is 0.926. The standard InChI is InChI=1S/C24H24ClFN6OS/c1-31(2)14-18-19(32-8-10-33-11-9-32)6-7-21(28-18)30-22-12-17-20(13-27-22)34-24(29-17)23-15(25)4-3-5-16(23)26/h3-7,12-13H,8-11,14H2,1-2H3,(H,27,28,30).